The van der Waals surface area contributed by atoms with Gasteiger partial charge in [-0.1, -0.05) is 13.3 Å². The van der Waals surface area contributed by atoms with Gasteiger partial charge in [-0.25, -0.2) is 0 Å². The smallest absolute Gasteiger partial charge is 0.0309 e. The third kappa shape index (κ3) is 2.89. The van der Waals surface area contributed by atoms with Crippen LogP contribution in [0.3, 0.4) is 0 Å². The lowest BCUT2D eigenvalue weighted by Crippen LogP contribution is -2.55. The number of piperazine rings is 1. The Morgan fingerprint density at radius 1 is 1.17 bits per heavy atom. The molecule has 18 heavy (non-hydrogen) atoms. The molecule has 3 fully saturated rings. The van der Waals surface area contributed by atoms with Crippen molar-refractivity contribution in [3.05, 3.63) is 0 Å². The predicted octanol–water partition coefficient (Wildman–Crippen LogP) is 1.69. The monoisotopic (exact) mass is 251 g/mol. The molecule has 104 valence electrons. The molecule has 0 aromatic carbocycles. The van der Waals surface area contributed by atoms with Gasteiger partial charge in [0.15, 0.2) is 0 Å². The second kappa shape index (κ2) is 5.48. The van der Waals surface area contributed by atoms with Gasteiger partial charge in [-0.15, -0.1) is 0 Å². The summed E-state index contributed by atoms with van der Waals surface area (Å²) in [6.07, 6.45) is 8.36. The van der Waals surface area contributed by atoms with Gasteiger partial charge in [-0.05, 0) is 38.6 Å². The first-order valence-corrected chi connectivity index (χ1v) is 8.03. The first-order valence-electron chi connectivity index (χ1n) is 8.03. The Morgan fingerprint density at radius 3 is 2.50 bits per heavy atom. The van der Waals surface area contributed by atoms with Crippen molar-refractivity contribution in [3.63, 3.8) is 0 Å². The molecule has 1 unspecified atom stereocenters. The zero-order chi connectivity index (χ0) is 12.4. The van der Waals surface area contributed by atoms with Gasteiger partial charge >= 0.3 is 0 Å². The Kier molecular flexibility index (Phi) is 3.92. The Bertz CT molecular complexity index is 261. The van der Waals surface area contributed by atoms with Crippen LogP contribution in [0, 0.1) is 0 Å². The second-order valence-electron chi connectivity index (χ2n) is 6.60. The molecule has 3 rings (SSSR count). The third-order valence-corrected chi connectivity index (χ3v) is 5.06. The average Bonchev–Trinajstić information content (AvgIpc) is 3.13. The van der Waals surface area contributed by atoms with Crippen LogP contribution in [-0.4, -0.2) is 60.6 Å². The van der Waals surface area contributed by atoms with Crippen molar-refractivity contribution in [1.29, 1.82) is 0 Å². The summed E-state index contributed by atoms with van der Waals surface area (Å²) in [5.41, 5.74) is 0.455. The van der Waals surface area contributed by atoms with Gasteiger partial charge in [0, 0.05) is 44.3 Å². The van der Waals surface area contributed by atoms with E-state index >= 15 is 0 Å². The first kappa shape index (κ1) is 12.9. The summed E-state index contributed by atoms with van der Waals surface area (Å²) >= 11 is 0. The minimum Gasteiger partial charge on any atom is -0.310 e. The molecule has 0 radical (unpaired) electrons. The van der Waals surface area contributed by atoms with Crippen molar-refractivity contribution in [3.8, 4) is 0 Å². The molecule has 1 saturated carbocycles. The number of hydrogen-bond acceptors (Lipinski definition) is 3. The lowest BCUT2D eigenvalue weighted by Gasteiger charge is -2.40. The first-order chi connectivity index (χ1) is 8.81. The largest absolute Gasteiger partial charge is 0.310 e. The number of rotatable bonds is 5. The molecule has 1 atom stereocenters. The van der Waals surface area contributed by atoms with E-state index in [1.54, 1.807) is 0 Å². The van der Waals surface area contributed by atoms with E-state index in [1.807, 2.05) is 0 Å². The van der Waals surface area contributed by atoms with E-state index < -0.39 is 0 Å². The normalized spacial score (nSPS) is 35.2. The molecule has 1 aliphatic carbocycles. The van der Waals surface area contributed by atoms with Gasteiger partial charge in [-0.2, -0.15) is 0 Å². The molecule has 0 aromatic heterocycles. The summed E-state index contributed by atoms with van der Waals surface area (Å²) in [6.45, 7) is 10.1. The average molecular weight is 251 g/mol. The lowest BCUT2D eigenvalue weighted by atomic mass is 9.91. The Hall–Kier alpha value is -0.120. The summed E-state index contributed by atoms with van der Waals surface area (Å²) in [6, 6.07) is 0.960. The van der Waals surface area contributed by atoms with E-state index in [0.29, 0.717) is 5.54 Å². The molecule has 2 aliphatic heterocycles. The molecular weight excluding hydrogens is 222 g/mol. The molecule has 0 amide bonds. The molecule has 1 N–H and O–H groups in total. The van der Waals surface area contributed by atoms with Crippen LogP contribution in [0.4, 0.5) is 0 Å². The van der Waals surface area contributed by atoms with Gasteiger partial charge in [-0.3, -0.25) is 9.80 Å². The van der Waals surface area contributed by atoms with Crippen LogP contribution in [0.15, 0.2) is 0 Å². The van der Waals surface area contributed by atoms with Gasteiger partial charge in [0.1, 0.15) is 0 Å². The fraction of sp³-hybridized carbons (Fsp3) is 1.00. The summed E-state index contributed by atoms with van der Waals surface area (Å²) in [7, 11) is 0. The van der Waals surface area contributed by atoms with Crippen LogP contribution in [0.2, 0.25) is 0 Å². The van der Waals surface area contributed by atoms with Crippen LogP contribution in [0.5, 0.6) is 0 Å². The summed E-state index contributed by atoms with van der Waals surface area (Å²) in [5, 5.41) is 3.81. The van der Waals surface area contributed by atoms with E-state index in [9.17, 15) is 0 Å². The van der Waals surface area contributed by atoms with E-state index in [-0.39, 0.29) is 0 Å². The zero-order valence-corrected chi connectivity index (χ0v) is 12.0. The Morgan fingerprint density at radius 2 is 1.94 bits per heavy atom. The van der Waals surface area contributed by atoms with Crippen molar-refractivity contribution in [2.75, 3.05) is 39.3 Å². The fourth-order valence-corrected chi connectivity index (χ4v) is 3.93. The quantitative estimate of drug-likeness (QED) is 0.802. The van der Waals surface area contributed by atoms with Crippen molar-refractivity contribution in [2.24, 2.45) is 0 Å². The van der Waals surface area contributed by atoms with Crippen LogP contribution < -0.4 is 5.32 Å². The minimum absolute atomic E-state index is 0.455. The van der Waals surface area contributed by atoms with E-state index in [4.69, 9.17) is 0 Å². The molecule has 0 bridgehead atoms. The highest BCUT2D eigenvalue weighted by molar-refractivity contribution is 4.96. The maximum absolute atomic E-state index is 3.81. The molecular formula is C15H29N3. The van der Waals surface area contributed by atoms with E-state index in [2.05, 4.69) is 22.0 Å². The second-order valence-corrected chi connectivity index (χ2v) is 6.60. The molecule has 3 aliphatic rings. The van der Waals surface area contributed by atoms with E-state index in [0.717, 1.165) is 6.04 Å². The SMILES string of the molecule is CCCC1(CN2CCN(C3CC3)CC2)CCCN1. The van der Waals surface area contributed by atoms with Crippen LogP contribution in [0.25, 0.3) is 0 Å². The summed E-state index contributed by atoms with van der Waals surface area (Å²) in [5.74, 6) is 0. The molecule has 0 spiro atoms. The number of nitrogens with one attached hydrogen (secondary N) is 1. The standard InChI is InChI=1S/C15H29N3/c1-2-6-15(7-3-8-16-15)13-17-9-11-18(12-10-17)14-4-5-14/h14,16H,2-13H2,1H3. The maximum atomic E-state index is 3.81. The minimum atomic E-state index is 0.455. The molecule has 3 heteroatoms. The number of hydrogen-bond donors (Lipinski definition) is 1. The van der Waals surface area contributed by atoms with Gasteiger partial charge in [0.2, 0.25) is 0 Å². The topological polar surface area (TPSA) is 18.5 Å². The van der Waals surface area contributed by atoms with Gasteiger partial charge in [0.25, 0.3) is 0 Å². The Labute approximate surface area is 112 Å². The highest BCUT2D eigenvalue weighted by Gasteiger charge is 2.36. The maximum Gasteiger partial charge on any atom is 0.0309 e. The predicted molar refractivity (Wildman–Crippen MR) is 75.9 cm³/mol. The van der Waals surface area contributed by atoms with E-state index in [1.165, 1.54) is 77.8 Å². The van der Waals surface area contributed by atoms with Crippen molar-refractivity contribution < 1.29 is 0 Å². The zero-order valence-electron chi connectivity index (χ0n) is 12.0. The Balaban J connectivity index is 1.49. The fourth-order valence-electron chi connectivity index (χ4n) is 3.93. The summed E-state index contributed by atoms with van der Waals surface area (Å²) in [4.78, 5) is 5.43. The third-order valence-electron chi connectivity index (χ3n) is 5.06. The summed E-state index contributed by atoms with van der Waals surface area (Å²) < 4.78 is 0. The van der Waals surface area contributed by atoms with Crippen LogP contribution >= 0.6 is 0 Å². The van der Waals surface area contributed by atoms with Gasteiger partial charge in [0.05, 0.1) is 0 Å². The van der Waals surface area contributed by atoms with Crippen LogP contribution in [0.1, 0.15) is 45.4 Å². The molecule has 2 saturated heterocycles. The van der Waals surface area contributed by atoms with Gasteiger partial charge < -0.3 is 5.32 Å². The highest BCUT2D eigenvalue weighted by Crippen LogP contribution is 2.29. The lowest BCUT2D eigenvalue weighted by molar-refractivity contribution is 0.0974. The molecule has 3 nitrogen and oxygen atoms in total. The van der Waals surface area contributed by atoms with Crippen molar-refractivity contribution in [2.45, 2.75) is 57.0 Å². The molecule has 0 aromatic rings. The number of nitrogens with zero attached hydrogens (tertiary/aromatic N) is 2. The van der Waals surface area contributed by atoms with Crippen molar-refractivity contribution in [1.82, 2.24) is 15.1 Å². The molecule has 2 heterocycles. The van der Waals surface area contributed by atoms with Crippen molar-refractivity contribution >= 4 is 0 Å². The van der Waals surface area contributed by atoms with Crippen LogP contribution in [-0.2, 0) is 0 Å². The highest BCUT2D eigenvalue weighted by atomic mass is 15.3.